The Morgan fingerprint density at radius 3 is 1.82 bits per heavy atom. The Morgan fingerprint density at radius 2 is 1.27 bits per heavy atom. The van der Waals surface area contributed by atoms with Crippen LogP contribution in [-0.2, 0) is 0 Å². The van der Waals surface area contributed by atoms with E-state index in [1.807, 2.05) is 6.08 Å². The summed E-state index contributed by atoms with van der Waals surface area (Å²) in [5, 5.41) is 0.260. The van der Waals surface area contributed by atoms with Crippen LogP contribution in [0.5, 0.6) is 0 Å². The molecule has 0 aliphatic carbocycles. The van der Waals surface area contributed by atoms with Gasteiger partial charge in [-0.25, -0.2) is 0 Å². The fraction of sp³-hybridized carbons (Fsp3) is 0.556. The van der Waals surface area contributed by atoms with E-state index in [1.165, 1.54) is 32.1 Å². The number of hydrogen-bond acceptors (Lipinski definition) is 3. The van der Waals surface area contributed by atoms with Crippen molar-refractivity contribution >= 4 is 12.6 Å². The van der Waals surface area contributed by atoms with Crippen molar-refractivity contribution in [1.82, 2.24) is 0 Å². The van der Waals surface area contributed by atoms with Crippen LogP contribution < -0.4 is 5.30 Å². The van der Waals surface area contributed by atoms with Crippen LogP contribution in [0.3, 0.4) is 0 Å². The molecule has 3 nitrogen and oxygen atoms in total. The summed E-state index contributed by atoms with van der Waals surface area (Å²) in [7, 11) is -4.65. The standard InChI is InChI=1S/C18H31O3P/c1-2-3-4-5-6-7-8-9-10-14-17-22(19,20,21)18-15-12-11-13-16-18/h2,11-13,15-16,19-21H,1,3-10,14,17H2. The van der Waals surface area contributed by atoms with E-state index in [2.05, 4.69) is 6.58 Å². The fourth-order valence-corrected chi connectivity index (χ4v) is 4.46. The minimum absolute atomic E-state index is 0.0644. The zero-order chi connectivity index (χ0) is 16.3. The molecule has 0 heterocycles. The number of allylic oxidation sites excluding steroid dienone is 1. The second kappa shape index (κ2) is 9.42. The van der Waals surface area contributed by atoms with E-state index in [-0.39, 0.29) is 11.5 Å². The van der Waals surface area contributed by atoms with Gasteiger partial charge in [-0.05, 0) is 0 Å². The molecule has 0 saturated carbocycles. The van der Waals surface area contributed by atoms with Gasteiger partial charge in [0.15, 0.2) is 0 Å². The summed E-state index contributed by atoms with van der Waals surface area (Å²) in [5.41, 5.74) is 0. The van der Waals surface area contributed by atoms with Gasteiger partial charge < -0.3 is 0 Å². The van der Waals surface area contributed by atoms with Gasteiger partial charge in [-0.1, -0.05) is 0 Å². The molecule has 1 aromatic rings. The van der Waals surface area contributed by atoms with Crippen molar-refractivity contribution in [1.29, 1.82) is 0 Å². The van der Waals surface area contributed by atoms with Crippen molar-refractivity contribution < 1.29 is 14.7 Å². The number of rotatable bonds is 12. The van der Waals surface area contributed by atoms with Gasteiger partial charge in [0.25, 0.3) is 0 Å². The second-order valence-electron chi connectivity index (χ2n) is 6.12. The van der Waals surface area contributed by atoms with Gasteiger partial charge in [0.1, 0.15) is 0 Å². The van der Waals surface area contributed by atoms with Gasteiger partial charge >= 0.3 is 134 Å². The molecule has 126 valence electrons. The first-order valence-electron chi connectivity index (χ1n) is 8.37. The predicted molar refractivity (Wildman–Crippen MR) is 96.3 cm³/mol. The molecule has 3 N–H and O–H groups in total. The maximum atomic E-state index is 10.2. The first-order valence-corrected chi connectivity index (χ1v) is 10.6. The molecule has 0 aliphatic rings. The normalized spacial score (nSPS) is 13.5. The molecule has 4 heteroatoms. The predicted octanol–water partition coefficient (Wildman–Crippen LogP) is 4.28. The molecular formula is C18H31O3P. The molecule has 0 radical (unpaired) electrons. The Hall–Kier alpha value is -0.730. The van der Waals surface area contributed by atoms with Crippen molar-refractivity contribution in [3.05, 3.63) is 43.0 Å². The molecule has 1 aromatic carbocycles. The van der Waals surface area contributed by atoms with Crippen LogP contribution in [0, 0.1) is 0 Å². The molecule has 0 unspecified atom stereocenters. The quantitative estimate of drug-likeness (QED) is 0.305. The number of hydrogen-bond donors (Lipinski definition) is 3. The summed E-state index contributed by atoms with van der Waals surface area (Å²) in [6.07, 6.45) is 12.0. The van der Waals surface area contributed by atoms with Crippen LogP contribution in [-0.4, -0.2) is 20.8 Å². The van der Waals surface area contributed by atoms with Gasteiger partial charge in [-0.2, -0.15) is 0 Å². The Balaban J connectivity index is 2.15. The summed E-state index contributed by atoms with van der Waals surface area (Å²) in [6, 6.07) is 8.39. The molecule has 0 aromatic heterocycles. The van der Waals surface area contributed by atoms with Crippen LogP contribution in [0.4, 0.5) is 0 Å². The van der Waals surface area contributed by atoms with Crippen molar-refractivity contribution in [2.75, 3.05) is 6.16 Å². The molecule has 0 aliphatic heterocycles. The van der Waals surface area contributed by atoms with Crippen LogP contribution in [0.2, 0.25) is 0 Å². The van der Waals surface area contributed by atoms with Gasteiger partial charge in [0.2, 0.25) is 0 Å². The van der Waals surface area contributed by atoms with E-state index in [0.717, 1.165) is 19.3 Å². The first-order chi connectivity index (χ1) is 10.4. The van der Waals surface area contributed by atoms with Crippen molar-refractivity contribution in [3.8, 4) is 0 Å². The zero-order valence-electron chi connectivity index (χ0n) is 13.5. The summed E-state index contributed by atoms with van der Waals surface area (Å²) >= 11 is 0. The third kappa shape index (κ3) is 7.51. The monoisotopic (exact) mass is 326 g/mol. The minimum atomic E-state index is -4.65. The molecular weight excluding hydrogens is 295 g/mol. The van der Waals surface area contributed by atoms with Crippen LogP contribution in [0.1, 0.15) is 57.8 Å². The summed E-state index contributed by atoms with van der Waals surface area (Å²) in [5.74, 6) is 0. The Morgan fingerprint density at radius 1 is 0.773 bits per heavy atom. The van der Waals surface area contributed by atoms with Crippen molar-refractivity contribution in [2.45, 2.75) is 57.8 Å². The fourth-order valence-electron chi connectivity index (χ4n) is 2.61. The molecule has 0 spiro atoms. The molecule has 22 heavy (non-hydrogen) atoms. The molecule has 0 amide bonds. The molecule has 0 saturated heterocycles. The average Bonchev–Trinajstić information content (AvgIpc) is 2.50. The van der Waals surface area contributed by atoms with Crippen LogP contribution >= 0.6 is 7.28 Å². The summed E-state index contributed by atoms with van der Waals surface area (Å²) in [6.45, 7) is 3.72. The Kier molecular flexibility index (Phi) is 8.27. The van der Waals surface area contributed by atoms with E-state index in [0.29, 0.717) is 6.42 Å². The summed E-state index contributed by atoms with van der Waals surface area (Å²) in [4.78, 5) is 30.6. The third-order valence-electron chi connectivity index (χ3n) is 4.01. The van der Waals surface area contributed by atoms with E-state index in [9.17, 15) is 14.7 Å². The molecule has 0 bridgehead atoms. The first kappa shape index (κ1) is 19.3. The Labute approximate surface area is 134 Å². The van der Waals surface area contributed by atoms with E-state index in [1.54, 1.807) is 30.3 Å². The van der Waals surface area contributed by atoms with Crippen molar-refractivity contribution in [3.63, 3.8) is 0 Å². The van der Waals surface area contributed by atoms with E-state index in [4.69, 9.17) is 0 Å². The number of benzene rings is 1. The topological polar surface area (TPSA) is 60.7 Å². The van der Waals surface area contributed by atoms with Crippen molar-refractivity contribution in [2.24, 2.45) is 0 Å². The molecule has 0 atom stereocenters. The molecule has 0 fully saturated rings. The van der Waals surface area contributed by atoms with E-state index >= 15 is 0 Å². The van der Waals surface area contributed by atoms with E-state index < -0.39 is 7.28 Å². The van der Waals surface area contributed by atoms with Crippen LogP contribution in [0.25, 0.3) is 0 Å². The average molecular weight is 326 g/mol. The zero-order valence-corrected chi connectivity index (χ0v) is 14.4. The van der Waals surface area contributed by atoms with Gasteiger partial charge in [-0.3, -0.25) is 0 Å². The van der Waals surface area contributed by atoms with Gasteiger partial charge in [-0.15, -0.1) is 0 Å². The Bertz CT molecular complexity index is 423. The maximum absolute atomic E-state index is 10.2. The second-order valence-corrected chi connectivity index (χ2v) is 9.38. The number of unbranched alkanes of at least 4 members (excludes halogenated alkanes) is 8. The third-order valence-corrected chi connectivity index (χ3v) is 6.51. The summed E-state index contributed by atoms with van der Waals surface area (Å²) < 4.78 is 0. The van der Waals surface area contributed by atoms with Gasteiger partial charge in [0, 0.05) is 0 Å². The van der Waals surface area contributed by atoms with Gasteiger partial charge in [0.05, 0.1) is 0 Å². The SMILES string of the molecule is C=CCCCCCCCCCCP(O)(O)(O)c1ccccc1. The molecule has 1 rings (SSSR count). The van der Waals surface area contributed by atoms with Crippen LogP contribution in [0.15, 0.2) is 43.0 Å².